The van der Waals surface area contributed by atoms with Crippen LogP contribution < -0.4 is 10.6 Å². The first-order valence-corrected chi connectivity index (χ1v) is 9.76. The van der Waals surface area contributed by atoms with E-state index >= 15 is 0 Å². The highest BCUT2D eigenvalue weighted by Gasteiger charge is 2.10. The minimum atomic E-state index is -0.260. The van der Waals surface area contributed by atoms with E-state index in [1.54, 1.807) is 12.1 Å². The van der Waals surface area contributed by atoms with Gasteiger partial charge in [0.05, 0.1) is 0 Å². The lowest BCUT2D eigenvalue weighted by molar-refractivity contribution is 0.102. The third kappa shape index (κ3) is 4.27. The van der Waals surface area contributed by atoms with Gasteiger partial charge in [-0.05, 0) is 48.2 Å². The standard InChI is InChI=1S/C23H23N5O/c1-2-16-7-3-5-9-19(16)26-23(29)21-11-12-22(28-27-21)24-14-13-17-15-25-20-10-6-4-8-18(17)20/h3-12,15,25H,2,13-14H2,1H3,(H,24,28)(H,26,29). The van der Waals surface area contributed by atoms with Crippen molar-refractivity contribution in [2.24, 2.45) is 0 Å². The molecule has 6 heteroatoms. The van der Waals surface area contributed by atoms with Gasteiger partial charge >= 0.3 is 0 Å². The molecule has 29 heavy (non-hydrogen) atoms. The quantitative estimate of drug-likeness (QED) is 0.440. The molecule has 2 heterocycles. The van der Waals surface area contributed by atoms with Crippen molar-refractivity contribution in [2.45, 2.75) is 19.8 Å². The van der Waals surface area contributed by atoms with Crippen molar-refractivity contribution in [3.63, 3.8) is 0 Å². The number of fused-ring (bicyclic) bond motifs is 1. The summed E-state index contributed by atoms with van der Waals surface area (Å²) >= 11 is 0. The average Bonchev–Trinajstić information content (AvgIpc) is 3.18. The smallest absolute Gasteiger partial charge is 0.276 e. The Hall–Kier alpha value is -3.67. The third-order valence-corrected chi connectivity index (χ3v) is 4.92. The number of aromatic amines is 1. The van der Waals surface area contributed by atoms with E-state index in [0.717, 1.165) is 36.2 Å². The zero-order chi connectivity index (χ0) is 20.1. The van der Waals surface area contributed by atoms with Crippen LogP contribution in [0.3, 0.4) is 0 Å². The number of aryl methyl sites for hydroxylation is 1. The van der Waals surface area contributed by atoms with Crippen LogP contribution in [0, 0.1) is 0 Å². The molecular weight excluding hydrogens is 362 g/mol. The highest BCUT2D eigenvalue weighted by molar-refractivity contribution is 6.03. The van der Waals surface area contributed by atoms with Gasteiger partial charge in [0.2, 0.25) is 0 Å². The van der Waals surface area contributed by atoms with Crippen LogP contribution >= 0.6 is 0 Å². The number of anilines is 2. The number of rotatable bonds is 7. The van der Waals surface area contributed by atoms with Gasteiger partial charge in [0.15, 0.2) is 5.69 Å². The van der Waals surface area contributed by atoms with Gasteiger partial charge in [-0.25, -0.2) is 0 Å². The molecule has 3 N–H and O–H groups in total. The van der Waals surface area contributed by atoms with E-state index in [1.165, 1.54) is 10.9 Å². The Morgan fingerprint density at radius 2 is 1.79 bits per heavy atom. The number of para-hydroxylation sites is 2. The Kier molecular flexibility index (Phi) is 5.52. The minimum absolute atomic E-state index is 0.260. The molecule has 0 fully saturated rings. The van der Waals surface area contributed by atoms with Gasteiger partial charge in [-0.1, -0.05) is 43.3 Å². The summed E-state index contributed by atoms with van der Waals surface area (Å²) in [6.45, 7) is 2.79. The first-order valence-electron chi connectivity index (χ1n) is 9.76. The third-order valence-electron chi connectivity index (χ3n) is 4.92. The van der Waals surface area contributed by atoms with E-state index in [9.17, 15) is 4.79 Å². The Balaban J connectivity index is 1.34. The number of hydrogen-bond donors (Lipinski definition) is 3. The molecule has 146 valence electrons. The van der Waals surface area contributed by atoms with Crippen LogP contribution in [0.5, 0.6) is 0 Å². The molecule has 0 aliphatic rings. The molecule has 4 aromatic rings. The van der Waals surface area contributed by atoms with Gasteiger partial charge in [0.1, 0.15) is 5.82 Å². The second kappa shape index (κ2) is 8.56. The van der Waals surface area contributed by atoms with Gasteiger partial charge in [-0.2, -0.15) is 0 Å². The van der Waals surface area contributed by atoms with Crippen molar-refractivity contribution in [2.75, 3.05) is 17.2 Å². The SMILES string of the molecule is CCc1ccccc1NC(=O)c1ccc(NCCc2c[nH]c3ccccc23)nn1. The maximum absolute atomic E-state index is 12.4. The van der Waals surface area contributed by atoms with Crippen LogP contribution in [0.4, 0.5) is 11.5 Å². The van der Waals surface area contributed by atoms with E-state index < -0.39 is 0 Å². The van der Waals surface area contributed by atoms with Gasteiger partial charge in [0.25, 0.3) is 5.91 Å². The number of carbonyl (C=O) groups is 1. The molecule has 0 aliphatic carbocycles. The highest BCUT2D eigenvalue weighted by Crippen LogP contribution is 2.18. The Labute approximate surface area is 169 Å². The molecule has 0 unspecified atom stereocenters. The molecule has 0 aliphatic heterocycles. The van der Waals surface area contributed by atoms with Crippen molar-refractivity contribution >= 4 is 28.3 Å². The number of benzene rings is 2. The summed E-state index contributed by atoms with van der Waals surface area (Å²) in [6.07, 6.45) is 3.75. The topological polar surface area (TPSA) is 82.7 Å². The van der Waals surface area contributed by atoms with Gasteiger partial charge in [-0.3, -0.25) is 4.79 Å². The maximum Gasteiger partial charge on any atom is 0.276 e. The average molecular weight is 385 g/mol. The number of hydrogen-bond acceptors (Lipinski definition) is 4. The lowest BCUT2D eigenvalue weighted by Gasteiger charge is -2.09. The molecule has 6 nitrogen and oxygen atoms in total. The van der Waals surface area contributed by atoms with Crippen LogP contribution in [0.1, 0.15) is 28.5 Å². The highest BCUT2D eigenvalue weighted by atomic mass is 16.1. The summed E-state index contributed by atoms with van der Waals surface area (Å²) in [5, 5.41) is 15.6. The Bertz CT molecular complexity index is 1120. The van der Waals surface area contributed by atoms with Gasteiger partial charge < -0.3 is 15.6 Å². The van der Waals surface area contributed by atoms with Crippen molar-refractivity contribution in [1.29, 1.82) is 0 Å². The van der Waals surface area contributed by atoms with Crippen molar-refractivity contribution < 1.29 is 4.79 Å². The number of nitrogens with zero attached hydrogens (tertiary/aromatic N) is 2. The summed E-state index contributed by atoms with van der Waals surface area (Å²) in [7, 11) is 0. The van der Waals surface area contributed by atoms with Crippen LogP contribution in [-0.2, 0) is 12.8 Å². The molecule has 0 saturated carbocycles. The normalized spacial score (nSPS) is 10.8. The number of H-pyrrole nitrogens is 1. The van der Waals surface area contributed by atoms with Crippen LogP contribution in [-0.4, -0.2) is 27.6 Å². The zero-order valence-corrected chi connectivity index (χ0v) is 16.3. The van der Waals surface area contributed by atoms with Crippen LogP contribution in [0.2, 0.25) is 0 Å². The molecular formula is C23H23N5O. The Morgan fingerprint density at radius 1 is 0.966 bits per heavy atom. The van der Waals surface area contributed by atoms with Crippen LogP contribution in [0.25, 0.3) is 10.9 Å². The first kappa shape index (κ1) is 18.7. The van der Waals surface area contributed by atoms with Crippen molar-refractivity contribution in [3.05, 3.63) is 83.7 Å². The summed E-state index contributed by atoms with van der Waals surface area (Å²) in [4.78, 5) is 15.7. The number of amides is 1. The molecule has 0 spiro atoms. The van der Waals surface area contributed by atoms with E-state index in [0.29, 0.717) is 5.82 Å². The van der Waals surface area contributed by atoms with Gasteiger partial charge in [-0.15, -0.1) is 10.2 Å². The predicted molar refractivity (Wildman–Crippen MR) is 116 cm³/mol. The number of nitrogens with one attached hydrogen (secondary N) is 3. The van der Waals surface area contributed by atoms with E-state index in [4.69, 9.17) is 0 Å². The fourth-order valence-corrected chi connectivity index (χ4v) is 3.35. The second-order valence-electron chi connectivity index (χ2n) is 6.80. The van der Waals surface area contributed by atoms with E-state index in [1.807, 2.05) is 42.6 Å². The molecule has 0 saturated heterocycles. The Morgan fingerprint density at radius 3 is 2.62 bits per heavy atom. The molecule has 0 atom stereocenters. The zero-order valence-electron chi connectivity index (χ0n) is 16.3. The molecule has 4 rings (SSSR count). The number of carbonyl (C=O) groups excluding carboxylic acids is 1. The molecule has 1 amide bonds. The molecule has 2 aromatic heterocycles. The number of aromatic nitrogens is 3. The maximum atomic E-state index is 12.4. The van der Waals surface area contributed by atoms with E-state index in [2.05, 4.69) is 44.9 Å². The molecule has 2 aromatic carbocycles. The summed E-state index contributed by atoms with van der Waals surface area (Å²) in [6, 6.07) is 19.5. The summed E-state index contributed by atoms with van der Waals surface area (Å²) in [5.74, 6) is 0.388. The predicted octanol–water partition coefficient (Wildman–Crippen LogP) is 4.43. The monoisotopic (exact) mass is 385 g/mol. The molecule has 0 bridgehead atoms. The fourth-order valence-electron chi connectivity index (χ4n) is 3.35. The van der Waals surface area contributed by atoms with Crippen molar-refractivity contribution in [1.82, 2.24) is 15.2 Å². The van der Waals surface area contributed by atoms with Gasteiger partial charge in [0, 0.05) is 29.3 Å². The lowest BCUT2D eigenvalue weighted by Crippen LogP contribution is -2.16. The van der Waals surface area contributed by atoms with Crippen molar-refractivity contribution in [3.8, 4) is 0 Å². The first-order chi connectivity index (χ1) is 14.2. The summed E-state index contributed by atoms with van der Waals surface area (Å²) in [5.41, 5.74) is 4.58. The lowest BCUT2D eigenvalue weighted by atomic mass is 10.1. The second-order valence-corrected chi connectivity index (χ2v) is 6.80. The largest absolute Gasteiger partial charge is 0.368 e. The van der Waals surface area contributed by atoms with E-state index in [-0.39, 0.29) is 11.6 Å². The fraction of sp³-hybridized carbons (Fsp3) is 0.174. The molecule has 0 radical (unpaired) electrons. The van der Waals surface area contributed by atoms with Crippen LogP contribution in [0.15, 0.2) is 66.9 Å². The summed E-state index contributed by atoms with van der Waals surface area (Å²) < 4.78 is 0. The minimum Gasteiger partial charge on any atom is -0.368 e.